The van der Waals surface area contributed by atoms with Crippen LogP contribution in [-0.4, -0.2) is 48.0 Å². The molecule has 0 spiro atoms. The van der Waals surface area contributed by atoms with Gasteiger partial charge < -0.3 is 0 Å². The summed E-state index contributed by atoms with van der Waals surface area (Å²) in [5.74, 6) is 3.10. The van der Waals surface area contributed by atoms with Crippen LogP contribution in [-0.2, 0) is 0 Å². The van der Waals surface area contributed by atoms with Crippen LogP contribution in [0.3, 0.4) is 0 Å². The fraction of sp³-hybridized carbons (Fsp3) is 1.00. The maximum atomic E-state index is 3.93. The summed E-state index contributed by atoms with van der Waals surface area (Å²) >= 11 is 3.93. The molecule has 1 rings (SSSR count). The Bertz CT molecular complexity index is 422. The first kappa shape index (κ1) is 23.3. The van der Waals surface area contributed by atoms with Crippen molar-refractivity contribution in [1.82, 2.24) is 0 Å². The van der Waals surface area contributed by atoms with Gasteiger partial charge in [-0.2, -0.15) is 0 Å². The Morgan fingerprint density at radius 2 is 1.04 bits per heavy atom. The minimum absolute atomic E-state index is 0.0769. The molecule has 23 heavy (non-hydrogen) atoms. The number of hydrogen-bond acceptors (Lipinski definition) is 0. The van der Waals surface area contributed by atoms with Gasteiger partial charge in [0.2, 0.25) is 0 Å². The Hall–Kier alpha value is 2.24. The molecule has 0 aromatic heterocycles. The fourth-order valence-corrected chi connectivity index (χ4v) is 51.9. The van der Waals surface area contributed by atoms with Crippen molar-refractivity contribution in [2.24, 2.45) is 0 Å². The van der Waals surface area contributed by atoms with Gasteiger partial charge in [0.05, 0.1) is 0 Å². The molecule has 1 heterocycles. The average molecular weight is 459 g/mol. The van der Waals surface area contributed by atoms with Gasteiger partial charge in [0.1, 0.15) is 0 Å². The van der Waals surface area contributed by atoms with Gasteiger partial charge in [0, 0.05) is 0 Å². The molecule has 1 aliphatic heterocycles. The second-order valence-electron chi connectivity index (χ2n) is 10.9. The zero-order valence-electron chi connectivity index (χ0n) is 17.6. The molecule has 4 unspecified atom stereocenters. The van der Waals surface area contributed by atoms with Crippen molar-refractivity contribution in [3.05, 3.63) is 0 Å². The minimum atomic E-state index is -1.05. The summed E-state index contributed by atoms with van der Waals surface area (Å²) in [6, 6.07) is 0. The van der Waals surface area contributed by atoms with Crippen LogP contribution in [0, 0.1) is 0 Å². The van der Waals surface area contributed by atoms with Crippen LogP contribution in [0.25, 0.3) is 0 Å². The van der Waals surface area contributed by atoms with Gasteiger partial charge >= 0.3 is 160 Å². The van der Waals surface area contributed by atoms with Crippen LogP contribution in [0.1, 0.15) is 83.1 Å². The summed E-state index contributed by atoms with van der Waals surface area (Å²) < 4.78 is 0. The first-order chi connectivity index (χ1) is 9.82. The van der Waals surface area contributed by atoms with E-state index in [0.717, 1.165) is 0 Å². The molecule has 4 atom stereocenters. The van der Waals surface area contributed by atoms with E-state index in [1.165, 1.54) is 0 Å². The Morgan fingerprint density at radius 1 is 0.652 bits per heavy atom. The third-order valence-corrected chi connectivity index (χ3v) is 42.7. The van der Waals surface area contributed by atoms with E-state index in [0.29, 0.717) is 20.6 Å². The van der Waals surface area contributed by atoms with Crippen molar-refractivity contribution in [2.75, 3.05) is 11.8 Å². The number of rotatable bonds is 0. The SMILES string of the molecule is CC(C)(C)P1CP(C(C)(C)C)[P+]([Se-])(C(C)(C)C)CP1C(C)(C)C. The second-order valence-corrected chi connectivity index (χ2v) is 34.4. The van der Waals surface area contributed by atoms with Crippen LogP contribution in [0.2, 0.25) is 0 Å². The van der Waals surface area contributed by atoms with Gasteiger partial charge in [-0.1, -0.05) is 0 Å². The molecule has 1 aliphatic rings. The summed E-state index contributed by atoms with van der Waals surface area (Å²) in [6.45, 7) is 30.3. The van der Waals surface area contributed by atoms with Crippen LogP contribution < -0.4 is 0 Å². The molecular formula is C18H40P4Se. The van der Waals surface area contributed by atoms with E-state index >= 15 is 0 Å². The molecule has 138 valence electrons. The van der Waals surface area contributed by atoms with Gasteiger partial charge in [-0.15, -0.1) is 0 Å². The Kier molecular flexibility index (Phi) is 7.09. The third kappa shape index (κ3) is 5.15. The first-order valence-electron chi connectivity index (χ1n) is 8.74. The van der Waals surface area contributed by atoms with Crippen molar-refractivity contribution in [3.8, 4) is 0 Å². The van der Waals surface area contributed by atoms with E-state index in [9.17, 15) is 0 Å². The zero-order chi connectivity index (χ0) is 18.6. The predicted octanol–water partition coefficient (Wildman–Crippen LogP) is 8.49. The van der Waals surface area contributed by atoms with Crippen molar-refractivity contribution in [3.63, 3.8) is 0 Å². The molecule has 1 fully saturated rings. The van der Waals surface area contributed by atoms with Crippen LogP contribution in [0.15, 0.2) is 0 Å². The first-order valence-corrected chi connectivity index (χ1v) is 18.9. The third-order valence-electron chi connectivity index (χ3n) is 4.65. The van der Waals surface area contributed by atoms with Crippen molar-refractivity contribution < 1.29 is 0 Å². The summed E-state index contributed by atoms with van der Waals surface area (Å²) in [5.41, 5.74) is -1.05. The molecule has 1 saturated heterocycles. The zero-order valence-corrected chi connectivity index (χ0v) is 22.9. The Morgan fingerprint density at radius 3 is 1.30 bits per heavy atom. The molecule has 0 radical (unpaired) electrons. The van der Waals surface area contributed by atoms with E-state index < -0.39 is 5.64 Å². The molecule has 0 N–H and O–H groups in total. The molecule has 0 saturated carbocycles. The van der Waals surface area contributed by atoms with Crippen LogP contribution in [0.4, 0.5) is 0 Å². The van der Waals surface area contributed by atoms with E-state index in [-0.39, 0.29) is 22.8 Å². The quantitative estimate of drug-likeness (QED) is 0.252. The monoisotopic (exact) mass is 460 g/mol. The normalized spacial score (nSPS) is 34.6. The predicted molar refractivity (Wildman–Crippen MR) is 122 cm³/mol. The molecule has 0 amide bonds. The van der Waals surface area contributed by atoms with Gasteiger partial charge in [-0.25, -0.2) is 0 Å². The van der Waals surface area contributed by atoms with Gasteiger partial charge in [0.25, 0.3) is 0 Å². The molecule has 0 aliphatic carbocycles. The molecule has 0 bridgehead atoms. The van der Waals surface area contributed by atoms with Gasteiger partial charge in [0.15, 0.2) is 0 Å². The maximum absolute atomic E-state index is 3.93. The molecule has 0 nitrogen and oxygen atoms in total. The van der Waals surface area contributed by atoms with Crippen LogP contribution in [0.5, 0.6) is 0 Å². The standard InChI is InChI=1S/C18H40P4Se/c1-15(2,3)19-13-21(17(7,8)9)22(23,18(10,11)12)14-20(19)16(4,5)6/h13-14H2,1-12H3. The van der Waals surface area contributed by atoms with Crippen molar-refractivity contribution in [1.29, 1.82) is 0 Å². The molecule has 0 aromatic rings. The summed E-state index contributed by atoms with van der Waals surface area (Å²) in [7, 11) is 0.314. The molecule has 0 aromatic carbocycles. The summed E-state index contributed by atoms with van der Waals surface area (Å²) in [4.78, 5) is 0. The topological polar surface area (TPSA) is 0 Å². The van der Waals surface area contributed by atoms with Gasteiger partial charge in [-0.05, 0) is 0 Å². The van der Waals surface area contributed by atoms with Crippen molar-refractivity contribution >= 4 is 44.0 Å². The van der Waals surface area contributed by atoms with E-state index in [1.54, 1.807) is 11.8 Å². The van der Waals surface area contributed by atoms with Crippen molar-refractivity contribution in [2.45, 2.75) is 104 Å². The van der Waals surface area contributed by atoms with E-state index in [1.807, 2.05) is 0 Å². The molecular weight excluding hydrogens is 419 g/mol. The summed E-state index contributed by atoms with van der Waals surface area (Å²) in [6.07, 6.45) is 0. The average Bonchev–Trinajstić information content (AvgIpc) is 2.22. The Balaban J connectivity index is 3.46. The van der Waals surface area contributed by atoms with Crippen LogP contribution >= 0.6 is 28.5 Å². The molecule has 5 heteroatoms. The van der Waals surface area contributed by atoms with Gasteiger partial charge in [-0.3, -0.25) is 0 Å². The second kappa shape index (κ2) is 7.00. The Labute approximate surface area is 159 Å². The number of hydrogen-bond donors (Lipinski definition) is 0. The fourth-order valence-electron chi connectivity index (χ4n) is 3.06. The van der Waals surface area contributed by atoms with E-state index in [2.05, 4.69) is 98.7 Å². The van der Waals surface area contributed by atoms with E-state index in [4.69, 9.17) is 0 Å². The summed E-state index contributed by atoms with van der Waals surface area (Å²) in [5, 5.41) is 1.93.